The van der Waals surface area contributed by atoms with Crippen molar-refractivity contribution in [2.45, 2.75) is 50.8 Å². The van der Waals surface area contributed by atoms with Gasteiger partial charge in [0, 0.05) is 23.4 Å². The van der Waals surface area contributed by atoms with E-state index in [2.05, 4.69) is 30.7 Å². The molecule has 1 atom stereocenters. The highest BCUT2D eigenvalue weighted by atomic mass is 32.2. The van der Waals surface area contributed by atoms with E-state index < -0.39 is 0 Å². The van der Waals surface area contributed by atoms with Gasteiger partial charge in [-0.2, -0.15) is 0 Å². The molecule has 0 bridgehead atoms. The minimum absolute atomic E-state index is 0.110. The van der Waals surface area contributed by atoms with Gasteiger partial charge in [-0.25, -0.2) is 9.97 Å². The molecule has 1 amide bonds. The Morgan fingerprint density at radius 1 is 1.35 bits per heavy atom. The number of hydrogen-bond acceptors (Lipinski definition) is 5. The molecule has 1 aliphatic rings. The van der Waals surface area contributed by atoms with E-state index in [1.807, 2.05) is 11.8 Å². The van der Waals surface area contributed by atoms with Gasteiger partial charge in [-0.05, 0) is 45.1 Å². The smallest absolute Gasteiger partial charge is 0.235 e. The number of aryl methyl sites for hydroxylation is 2. The molecule has 3 heterocycles. The van der Waals surface area contributed by atoms with Crippen LogP contribution in [0.4, 0.5) is 0 Å². The molecule has 23 heavy (non-hydrogen) atoms. The molecule has 6 heteroatoms. The van der Waals surface area contributed by atoms with Crippen LogP contribution in [-0.2, 0) is 4.79 Å². The van der Waals surface area contributed by atoms with E-state index in [1.165, 1.54) is 10.4 Å². The first-order chi connectivity index (χ1) is 11.0. The fourth-order valence-corrected chi connectivity index (χ4v) is 5.07. The average molecular weight is 350 g/mol. The number of nitrogens with zero attached hydrogens (tertiary/aromatic N) is 3. The first-order valence-electron chi connectivity index (χ1n) is 8.13. The highest BCUT2D eigenvalue weighted by molar-refractivity contribution is 8.00. The first-order valence-corrected chi connectivity index (χ1v) is 9.83. The first kappa shape index (κ1) is 16.7. The van der Waals surface area contributed by atoms with Crippen LogP contribution in [0.15, 0.2) is 11.4 Å². The van der Waals surface area contributed by atoms with Crippen LogP contribution >= 0.6 is 23.1 Å². The number of thiophene rings is 1. The van der Waals surface area contributed by atoms with Gasteiger partial charge in [0.25, 0.3) is 0 Å². The molecule has 3 rings (SSSR count). The van der Waals surface area contributed by atoms with Crippen molar-refractivity contribution in [1.29, 1.82) is 0 Å². The number of fused-ring (bicyclic) bond motifs is 1. The van der Waals surface area contributed by atoms with Crippen LogP contribution in [0.25, 0.3) is 10.2 Å². The van der Waals surface area contributed by atoms with Gasteiger partial charge in [-0.15, -0.1) is 11.3 Å². The SMILES string of the molecule is Cc1sc2ncnc(SC(C)C(=O)N3CCC(C)CC3)c2c1C. The summed E-state index contributed by atoms with van der Waals surface area (Å²) in [5, 5.41) is 1.94. The van der Waals surface area contributed by atoms with E-state index in [0.29, 0.717) is 0 Å². The molecule has 0 N–H and O–H groups in total. The second-order valence-electron chi connectivity index (χ2n) is 6.41. The molecule has 0 aliphatic carbocycles. The molecule has 2 aromatic rings. The average Bonchev–Trinajstić information content (AvgIpc) is 2.83. The lowest BCUT2D eigenvalue weighted by Crippen LogP contribution is -2.41. The molecule has 1 unspecified atom stereocenters. The summed E-state index contributed by atoms with van der Waals surface area (Å²) in [4.78, 5) is 25.8. The molecular formula is C17H23N3OS2. The molecule has 0 saturated carbocycles. The van der Waals surface area contributed by atoms with Crippen LogP contribution in [0, 0.1) is 19.8 Å². The van der Waals surface area contributed by atoms with Crippen molar-refractivity contribution in [1.82, 2.24) is 14.9 Å². The number of carbonyl (C=O) groups excluding carboxylic acids is 1. The Kier molecular flexibility index (Phi) is 4.92. The van der Waals surface area contributed by atoms with Crippen molar-refractivity contribution in [3.05, 3.63) is 16.8 Å². The molecule has 1 aliphatic heterocycles. The van der Waals surface area contributed by atoms with Gasteiger partial charge in [0.1, 0.15) is 16.2 Å². The number of aromatic nitrogens is 2. The van der Waals surface area contributed by atoms with Crippen LogP contribution in [0.2, 0.25) is 0 Å². The lowest BCUT2D eigenvalue weighted by atomic mass is 9.99. The quantitative estimate of drug-likeness (QED) is 0.619. The Labute approximate surface area is 145 Å². The normalized spacial score (nSPS) is 17.7. The molecule has 1 fully saturated rings. The number of likely N-dealkylation sites (tertiary alicyclic amines) is 1. The Bertz CT molecular complexity index is 720. The molecule has 124 valence electrons. The van der Waals surface area contributed by atoms with Crippen molar-refractivity contribution in [2.75, 3.05) is 13.1 Å². The van der Waals surface area contributed by atoms with Crippen molar-refractivity contribution in [3.8, 4) is 0 Å². The Morgan fingerprint density at radius 3 is 2.74 bits per heavy atom. The van der Waals surface area contributed by atoms with Crippen molar-refractivity contribution < 1.29 is 4.79 Å². The van der Waals surface area contributed by atoms with E-state index in [9.17, 15) is 4.79 Å². The summed E-state index contributed by atoms with van der Waals surface area (Å²) in [6, 6.07) is 0. The fraction of sp³-hybridized carbons (Fsp3) is 0.588. The summed E-state index contributed by atoms with van der Waals surface area (Å²) >= 11 is 3.26. The Morgan fingerprint density at radius 2 is 2.04 bits per heavy atom. The summed E-state index contributed by atoms with van der Waals surface area (Å²) in [6.45, 7) is 10.3. The highest BCUT2D eigenvalue weighted by Crippen LogP contribution is 2.36. The van der Waals surface area contributed by atoms with Crippen LogP contribution < -0.4 is 0 Å². The molecule has 1 saturated heterocycles. The van der Waals surface area contributed by atoms with Crippen molar-refractivity contribution in [3.63, 3.8) is 0 Å². The fourth-order valence-electron chi connectivity index (χ4n) is 2.94. The standard InChI is InChI=1S/C17H23N3OS2/c1-10-5-7-20(8-6-10)17(21)13(4)23-16-14-11(2)12(3)22-15(14)18-9-19-16/h9-10,13H,5-8H2,1-4H3. The second kappa shape index (κ2) is 6.77. The molecule has 0 radical (unpaired) electrons. The van der Waals surface area contributed by atoms with Crippen LogP contribution in [-0.4, -0.2) is 39.1 Å². The van der Waals surface area contributed by atoms with Gasteiger partial charge in [0.15, 0.2) is 0 Å². The van der Waals surface area contributed by atoms with Gasteiger partial charge in [0.05, 0.1) is 5.25 Å². The minimum Gasteiger partial charge on any atom is -0.342 e. The summed E-state index contributed by atoms with van der Waals surface area (Å²) in [6.07, 6.45) is 3.84. The van der Waals surface area contributed by atoms with Crippen molar-refractivity contribution >= 4 is 39.2 Å². The summed E-state index contributed by atoms with van der Waals surface area (Å²) in [5.74, 6) is 0.971. The zero-order chi connectivity index (χ0) is 16.6. The predicted molar refractivity (Wildman–Crippen MR) is 97.2 cm³/mol. The maximum atomic E-state index is 12.7. The molecule has 4 nitrogen and oxygen atoms in total. The molecule has 0 aromatic carbocycles. The van der Waals surface area contributed by atoms with E-state index in [0.717, 1.165) is 47.1 Å². The molecular weight excluding hydrogens is 326 g/mol. The third-order valence-electron chi connectivity index (χ3n) is 4.66. The summed E-state index contributed by atoms with van der Waals surface area (Å²) < 4.78 is 0. The number of amides is 1. The third kappa shape index (κ3) is 3.38. The Balaban J connectivity index is 1.77. The maximum Gasteiger partial charge on any atom is 0.235 e. The van der Waals surface area contributed by atoms with E-state index in [1.54, 1.807) is 29.4 Å². The van der Waals surface area contributed by atoms with Gasteiger partial charge in [-0.1, -0.05) is 18.7 Å². The lowest BCUT2D eigenvalue weighted by molar-refractivity contribution is -0.131. The maximum absolute atomic E-state index is 12.7. The monoisotopic (exact) mass is 349 g/mol. The minimum atomic E-state index is -0.110. The van der Waals surface area contributed by atoms with Crippen LogP contribution in [0.3, 0.4) is 0 Å². The number of rotatable bonds is 3. The van der Waals surface area contributed by atoms with E-state index >= 15 is 0 Å². The van der Waals surface area contributed by atoms with Gasteiger partial charge in [-0.3, -0.25) is 4.79 Å². The van der Waals surface area contributed by atoms with Gasteiger partial charge in [0.2, 0.25) is 5.91 Å². The summed E-state index contributed by atoms with van der Waals surface area (Å²) in [5.41, 5.74) is 1.24. The zero-order valence-electron chi connectivity index (χ0n) is 14.1. The lowest BCUT2D eigenvalue weighted by Gasteiger charge is -2.32. The highest BCUT2D eigenvalue weighted by Gasteiger charge is 2.26. The van der Waals surface area contributed by atoms with Gasteiger partial charge >= 0.3 is 0 Å². The Hall–Kier alpha value is -1.14. The predicted octanol–water partition coefficient (Wildman–Crippen LogP) is 4.05. The number of piperidine rings is 1. The number of thioether (sulfide) groups is 1. The molecule has 2 aromatic heterocycles. The second-order valence-corrected chi connectivity index (χ2v) is 8.94. The molecule has 0 spiro atoms. The number of hydrogen-bond donors (Lipinski definition) is 0. The topological polar surface area (TPSA) is 46.1 Å². The largest absolute Gasteiger partial charge is 0.342 e. The van der Waals surface area contributed by atoms with E-state index in [-0.39, 0.29) is 11.2 Å². The zero-order valence-corrected chi connectivity index (χ0v) is 15.8. The van der Waals surface area contributed by atoms with Gasteiger partial charge < -0.3 is 4.90 Å². The third-order valence-corrected chi connectivity index (χ3v) is 6.87. The van der Waals surface area contributed by atoms with Crippen LogP contribution in [0.1, 0.15) is 37.1 Å². The van der Waals surface area contributed by atoms with Crippen LogP contribution in [0.5, 0.6) is 0 Å². The summed E-state index contributed by atoms with van der Waals surface area (Å²) in [7, 11) is 0. The van der Waals surface area contributed by atoms with E-state index in [4.69, 9.17) is 0 Å². The number of carbonyl (C=O) groups is 1. The van der Waals surface area contributed by atoms with Crippen molar-refractivity contribution in [2.24, 2.45) is 5.92 Å².